The van der Waals surface area contributed by atoms with Crippen LogP contribution in [0.25, 0.3) is 34.7 Å². The number of aryl methyl sites for hydroxylation is 2. The van der Waals surface area contributed by atoms with E-state index in [1.165, 1.54) is 54.9 Å². The van der Waals surface area contributed by atoms with E-state index in [-0.39, 0.29) is 7.25 Å². The van der Waals surface area contributed by atoms with Gasteiger partial charge in [0, 0.05) is 0 Å². The van der Waals surface area contributed by atoms with E-state index < -0.39 is 21.5 Å². The fraction of sp³-hybridized carbons (Fsp3) is 0.136. The van der Waals surface area contributed by atoms with Gasteiger partial charge in [-0.1, -0.05) is 0 Å². The summed E-state index contributed by atoms with van der Waals surface area (Å²) >= 11 is -5.47. The minimum absolute atomic E-state index is 0.104. The van der Waals surface area contributed by atoms with E-state index in [1.807, 2.05) is 24.5 Å². The predicted octanol–water partition coefficient (Wildman–Crippen LogP) is 10.6. The first kappa shape index (κ1) is 33.5. The summed E-state index contributed by atoms with van der Waals surface area (Å²) in [7, 11) is 18.3. The number of rotatable bonds is 7. The third-order valence-corrected chi connectivity index (χ3v) is 53.2. The molecule has 6 heteroatoms. The molecule has 2 unspecified atom stereocenters. The zero-order valence-electron chi connectivity index (χ0n) is 28.7. The van der Waals surface area contributed by atoms with Crippen LogP contribution in [0.3, 0.4) is 0 Å². The Morgan fingerprint density at radius 2 is 0.900 bits per heavy atom. The summed E-state index contributed by atoms with van der Waals surface area (Å²) in [4.78, 5) is 9.60. The zero-order valence-corrected chi connectivity index (χ0v) is 33.9. The molecule has 0 bridgehead atoms. The summed E-state index contributed by atoms with van der Waals surface area (Å²) in [6.07, 6.45) is 8.50. The van der Waals surface area contributed by atoms with Gasteiger partial charge in [-0.15, -0.1) is 0 Å². The number of hydrogen-bond acceptors (Lipinski definition) is 2. The number of hydrogen-bond donors (Lipinski definition) is 0. The quantitative estimate of drug-likeness (QED) is 0.151. The summed E-state index contributed by atoms with van der Waals surface area (Å²) in [5.41, 5.74) is 14.1. The number of benzene rings is 4. The molecule has 2 heterocycles. The van der Waals surface area contributed by atoms with Gasteiger partial charge in [0.05, 0.1) is 0 Å². The summed E-state index contributed by atoms with van der Waals surface area (Å²) in [5, 5.41) is 2.60. The van der Waals surface area contributed by atoms with Crippen LogP contribution in [-0.2, 0) is 15.6 Å². The third kappa shape index (κ3) is 5.22. The SMILES string of the molecule is CC1=Cc2c(-c3ccccn3)ccc(C)c2[CH]1[Zr]([Cl])([Cl])([CH]1C(C)=Cc2c(-c3ccccn3)ccc(C)c21)[SiH](c1ccccc1)c1ccccc1. The Labute approximate surface area is 304 Å². The van der Waals surface area contributed by atoms with Gasteiger partial charge in [0.25, 0.3) is 0 Å². The monoisotopic (exact) mass is 783 g/mol. The molecule has 0 amide bonds. The van der Waals surface area contributed by atoms with E-state index in [0.717, 1.165) is 22.5 Å². The Bertz CT molecular complexity index is 2150. The molecule has 247 valence electrons. The van der Waals surface area contributed by atoms with Gasteiger partial charge < -0.3 is 0 Å². The molecule has 0 spiro atoms. The molecule has 8 rings (SSSR count). The van der Waals surface area contributed by atoms with Crippen molar-refractivity contribution in [1.82, 2.24) is 9.97 Å². The van der Waals surface area contributed by atoms with Crippen molar-refractivity contribution in [2.24, 2.45) is 0 Å². The van der Waals surface area contributed by atoms with E-state index >= 15 is 0 Å². The van der Waals surface area contributed by atoms with Crippen molar-refractivity contribution < 1.29 is 15.6 Å². The van der Waals surface area contributed by atoms with Gasteiger partial charge in [0.15, 0.2) is 0 Å². The van der Waals surface area contributed by atoms with Crippen LogP contribution in [0.2, 0.25) is 0 Å². The fourth-order valence-corrected chi connectivity index (χ4v) is 60.6. The number of fused-ring (bicyclic) bond motifs is 2. The second-order valence-electron chi connectivity index (χ2n) is 14.1. The molecule has 0 aliphatic heterocycles. The molecule has 2 nitrogen and oxygen atoms in total. The molecular weight excluding hydrogens is 747 g/mol. The molecule has 0 saturated carbocycles. The van der Waals surface area contributed by atoms with Crippen molar-refractivity contribution in [1.29, 1.82) is 0 Å². The van der Waals surface area contributed by atoms with Crippen LogP contribution in [0.4, 0.5) is 0 Å². The molecule has 2 aliphatic carbocycles. The third-order valence-electron chi connectivity index (χ3n) is 11.0. The molecule has 0 N–H and O–H groups in total. The molecule has 6 aromatic rings. The molecule has 0 radical (unpaired) electrons. The Kier molecular flexibility index (Phi) is 8.59. The van der Waals surface area contributed by atoms with Crippen LogP contribution in [0.5, 0.6) is 0 Å². The van der Waals surface area contributed by atoms with Gasteiger partial charge in [0.1, 0.15) is 0 Å². The van der Waals surface area contributed by atoms with E-state index in [4.69, 9.17) is 27.0 Å². The molecular formula is C44H39Cl2N2SiZr. The molecule has 50 heavy (non-hydrogen) atoms. The van der Waals surface area contributed by atoms with Gasteiger partial charge in [-0.3, -0.25) is 0 Å². The van der Waals surface area contributed by atoms with E-state index in [0.29, 0.717) is 0 Å². The second kappa shape index (κ2) is 12.8. The second-order valence-corrected chi connectivity index (χ2v) is 52.2. The van der Waals surface area contributed by atoms with Crippen molar-refractivity contribution in [2.45, 2.75) is 34.9 Å². The number of pyridine rings is 2. The normalized spacial score (nSPS) is 17.5. The van der Waals surface area contributed by atoms with Crippen LogP contribution >= 0.6 is 17.0 Å². The van der Waals surface area contributed by atoms with Crippen LogP contribution in [0.15, 0.2) is 145 Å². The van der Waals surface area contributed by atoms with Crippen molar-refractivity contribution in [3.05, 3.63) is 178 Å². The van der Waals surface area contributed by atoms with Gasteiger partial charge >= 0.3 is 307 Å². The summed E-state index contributed by atoms with van der Waals surface area (Å²) in [6.45, 7) is 9.03. The summed E-state index contributed by atoms with van der Waals surface area (Å²) in [6, 6.07) is 43.2. The van der Waals surface area contributed by atoms with Crippen molar-refractivity contribution in [3.63, 3.8) is 0 Å². The van der Waals surface area contributed by atoms with Gasteiger partial charge in [-0.05, 0) is 0 Å². The van der Waals surface area contributed by atoms with Gasteiger partial charge in [0.2, 0.25) is 0 Å². The topological polar surface area (TPSA) is 25.8 Å². The maximum absolute atomic E-state index is 9.15. The standard InChI is InChI=1S/2C16H14N.C12H11Si.2ClH.Zr/c2*1-11-9-14-12(2)6-7-13(15(14)10-11)16-5-3-4-8-17-16;1-3-7-11(8-4-1)13-12-9-5-2-6-10-12;;;/h2*3-10H,1-2H3;1-10,13H;2*1H;/q;;;;;+2/p-2. The van der Waals surface area contributed by atoms with Gasteiger partial charge in [-0.2, -0.15) is 0 Å². The molecule has 2 atom stereocenters. The van der Waals surface area contributed by atoms with E-state index in [1.54, 1.807) is 0 Å². The molecule has 0 fully saturated rings. The van der Waals surface area contributed by atoms with Crippen molar-refractivity contribution >= 4 is 45.5 Å². The average molecular weight is 786 g/mol. The van der Waals surface area contributed by atoms with Crippen LogP contribution in [0, 0.1) is 13.8 Å². The number of aromatic nitrogens is 2. The molecule has 4 aromatic carbocycles. The number of allylic oxidation sites excluding steroid dienone is 2. The number of halogens is 2. The Hall–Kier alpha value is -3.66. The van der Waals surface area contributed by atoms with Crippen LogP contribution in [-0.4, -0.2) is 15.9 Å². The van der Waals surface area contributed by atoms with E-state index in [2.05, 4.69) is 149 Å². The van der Waals surface area contributed by atoms with Crippen LogP contribution < -0.4 is 10.4 Å². The zero-order chi connectivity index (χ0) is 34.6. The fourth-order valence-electron chi connectivity index (χ4n) is 9.18. The first-order valence-corrected chi connectivity index (χ1v) is 32.5. The maximum atomic E-state index is 9.15. The van der Waals surface area contributed by atoms with Gasteiger partial charge in [-0.25, -0.2) is 0 Å². The Morgan fingerprint density at radius 3 is 1.28 bits per heavy atom. The molecule has 2 aliphatic rings. The summed E-state index contributed by atoms with van der Waals surface area (Å²) < 4.78 is -0.208. The Morgan fingerprint density at radius 1 is 0.500 bits per heavy atom. The van der Waals surface area contributed by atoms with Crippen molar-refractivity contribution in [2.75, 3.05) is 0 Å². The Balaban J connectivity index is 1.48. The first-order valence-electron chi connectivity index (χ1n) is 17.3. The predicted molar refractivity (Wildman–Crippen MR) is 213 cm³/mol. The molecule has 0 saturated heterocycles. The van der Waals surface area contributed by atoms with E-state index in [9.17, 15) is 0 Å². The number of nitrogens with zero attached hydrogens (tertiary/aromatic N) is 2. The van der Waals surface area contributed by atoms with Crippen molar-refractivity contribution in [3.8, 4) is 22.5 Å². The van der Waals surface area contributed by atoms with Crippen LogP contribution in [0.1, 0.15) is 54.5 Å². The summed E-state index contributed by atoms with van der Waals surface area (Å²) in [5.74, 6) is -2.39. The average Bonchev–Trinajstić information content (AvgIpc) is 3.69. The first-order chi connectivity index (χ1) is 24.2. The minimum atomic E-state index is -5.47. The molecule has 2 aromatic heterocycles.